The van der Waals surface area contributed by atoms with E-state index in [0.29, 0.717) is 24.2 Å². The largest absolute Gasteiger partial charge is 0.494 e. The summed E-state index contributed by atoms with van der Waals surface area (Å²) in [6.07, 6.45) is 0. The number of hydrogen-bond acceptors (Lipinski definition) is 2. The molecule has 0 radical (unpaired) electrons. The Bertz CT molecular complexity index is 618. The predicted molar refractivity (Wildman–Crippen MR) is 79.4 cm³/mol. The van der Waals surface area contributed by atoms with Crippen LogP contribution in [0.15, 0.2) is 30.3 Å². The van der Waals surface area contributed by atoms with E-state index in [1.54, 1.807) is 19.9 Å². The number of ether oxygens (including phenoxy) is 1. The summed E-state index contributed by atoms with van der Waals surface area (Å²) in [5, 5.41) is 3.23. The predicted octanol–water partition coefficient (Wildman–Crippen LogP) is 3.88. The van der Waals surface area contributed by atoms with Gasteiger partial charge >= 0.3 is 0 Å². The Morgan fingerprint density at radius 3 is 2.14 bits per heavy atom. The van der Waals surface area contributed by atoms with Crippen LogP contribution in [0.25, 0.3) is 0 Å². The Labute approximate surface area is 123 Å². The highest BCUT2D eigenvalue weighted by molar-refractivity contribution is 5.31. The molecule has 0 saturated heterocycles. The highest BCUT2D eigenvalue weighted by atomic mass is 19.1. The van der Waals surface area contributed by atoms with E-state index in [1.807, 2.05) is 18.2 Å². The van der Waals surface area contributed by atoms with Gasteiger partial charge < -0.3 is 10.1 Å². The third-order valence-electron chi connectivity index (χ3n) is 3.37. The van der Waals surface area contributed by atoms with Crippen molar-refractivity contribution in [1.29, 1.82) is 0 Å². The molecule has 2 aromatic rings. The maximum absolute atomic E-state index is 13.6. The Hall–Kier alpha value is -1.94. The summed E-state index contributed by atoms with van der Waals surface area (Å²) >= 11 is 0. The van der Waals surface area contributed by atoms with Gasteiger partial charge in [-0.05, 0) is 48.2 Å². The minimum Gasteiger partial charge on any atom is -0.494 e. The molecule has 21 heavy (non-hydrogen) atoms. The van der Waals surface area contributed by atoms with Crippen LogP contribution in [0.3, 0.4) is 0 Å². The highest BCUT2D eigenvalue weighted by Gasteiger charge is 2.05. The number of halogens is 2. The Morgan fingerprint density at radius 1 is 0.952 bits per heavy atom. The quantitative estimate of drug-likeness (QED) is 0.902. The summed E-state index contributed by atoms with van der Waals surface area (Å²) < 4.78 is 32.0. The second-order valence-electron chi connectivity index (χ2n) is 5.12. The zero-order chi connectivity index (χ0) is 15.4. The Morgan fingerprint density at radius 2 is 1.57 bits per heavy atom. The molecular weight excluding hydrogens is 272 g/mol. The van der Waals surface area contributed by atoms with Crippen molar-refractivity contribution < 1.29 is 13.5 Å². The van der Waals surface area contributed by atoms with E-state index >= 15 is 0 Å². The summed E-state index contributed by atoms with van der Waals surface area (Å²) in [5.41, 5.74) is 3.13. The molecule has 0 bridgehead atoms. The molecule has 0 aliphatic rings. The summed E-state index contributed by atoms with van der Waals surface area (Å²) in [5.74, 6) is -0.287. The van der Waals surface area contributed by atoms with Gasteiger partial charge in [-0.15, -0.1) is 0 Å². The van der Waals surface area contributed by atoms with Crippen molar-refractivity contribution in [2.75, 3.05) is 7.11 Å². The van der Waals surface area contributed by atoms with Crippen LogP contribution in [-0.2, 0) is 13.1 Å². The van der Waals surface area contributed by atoms with Crippen molar-refractivity contribution in [2.24, 2.45) is 0 Å². The third-order valence-corrected chi connectivity index (χ3v) is 3.37. The number of benzene rings is 2. The van der Waals surface area contributed by atoms with Gasteiger partial charge in [0.25, 0.3) is 0 Å². The van der Waals surface area contributed by atoms with Crippen LogP contribution in [0.5, 0.6) is 5.75 Å². The second-order valence-corrected chi connectivity index (χ2v) is 5.12. The SMILES string of the molecule is COc1ccc(CNCc2cc(C)c(F)c(C)c2)cc1F. The van der Waals surface area contributed by atoms with Crippen LogP contribution >= 0.6 is 0 Å². The Kier molecular flexibility index (Phi) is 4.91. The molecule has 2 aromatic carbocycles. The molecule has 112 valence electrons. The first-order valence-electron chi connectivity index (χ1n) is 6.80. The van der Waals surface area contributed by atoms with E-state index < -0.39 is 0 Å². The zero-order valence-electron chi connectivity index (χ0n) is 12.5. The first-order valence-corrected chi connectivity index (χ1v) is 6.80. The summed E-state index contributed by atoms with van der Waals surface area (Å²) in [4.78, 5) is 0. The number of aryl methyl sites for hydroxylation is 2. The van der Waals surface area contributed by atoms with E-state index in [-0.39, 0.29) is 17.4 Å². The second kappa shape index (κ2) is 6.68. The standard InChI is InChI=1S/C17H19F2NO/c1-11-6-14(7-12(2)17(11)19)10-20-9-13-4-5-16(21-3)15(18)8-13/h4-8,20H,9-10H2,1-3H3. The third kappa shape index (κ3) is 3.79. The van der Waals surface area contributed by atoms with Gasteiger partial charge in [-0.1, -0.05) is 18.2 Å². The molecule has 1 N–H and O–H groups in total. The van der Waals surface area contributed by atoms with E-state index in [1.165, 1.54) is 13.2 Å². The number of nitrogens with one attached hydrogen (secondary N) is 1. The molecule has 0 saturated carbocycles. The van der Waals surface area contributed by atoms with Crippen molar-refractivity contribution in [1.82, 2.24) is 5.32 Å². The van der Waals surface area contributed by atoms with Crippen LogP contribution < -0.4 is 10.1 Å². The maximum Gasteiger partial charge on any atom is 0.165 e. The van der Waals surface area contributed by atoms with Gasteiger partial charge in [0.1, 0.15) is 5.82 Å². The summed E-state index contributed by atoms with van der Waals surface area (Å²) in [7, 11) is 1.44. The topological polar surface area (TPSA) is 21.3 Å². The van der Waals surface area contributed by atoms with Crippen molar-refractivity contribution in [3.63, 3.8) is 0 Å². The van der Waals surface area contributed by atoms with Crippen LogP contribution in [0, 0.1) is 25.5 Å². The first kappa shape index (κ1) is 15.4. The fraction of sp³-hybridized carbons (Fsp3) is 0.294. The monoisotopic (exact) mass is 291 g/mol. The molecule has 0 aliphatic carbocycles. The van der Waals surface area contributed by atoms with Crippen molar-refractivity contribution >= 4 is 0 Å². The van der Waals surface area contributed by atoms with Crippen LogP contribution in [0.2, 0.25) is 0 Å². The van der Waals surface area contributed by atoms with Crippen molar-refractivity contribution in [2.45, 2.75) is 26.9 Å². The fourth-order valence-corrected chi connectivity index (χ4v) is 2.31. The van der Waals surface area contributed by atoms with E-state index in [0.717, 1.165) is 11.1 Å². The maximum atomic E-state index is 13.6. The lowest BCUT2D eigenvalue weighted by molar-refractivity contribution is 0.386. The van der Waals surface area contributed by atoms with Crippen molar-refractivity contribution in [3.8, 4) is 5.75 Å². The number of methoxy groups -OCH3 is 1. The van der Waals surface area contributed by atoms with Gasteiger partial charge in [0.2, 0.25) is 0 Å². The lowest BCUT2D eigenvalue weighted by Crippen LogP contribution is -2.13. The molecule has 0 atom stereocenters. The lowest BCUT2D eigenvalue weighted by Gasteiger charge is -2.09. The molecule has 4 heteroatoms. The molecule has 0 amide bonds. The first-order chi connectivity index (χ1) is 10.0. The molecule has 0 fully saturated rings. The molecule has 0 spiro atoms. The van der Waals surface area contributed by atoms with E-state index in [9.17, 15) is 8.78 Å². The van der Waals surface area contributed by atoms with Crippen LogP contribution in [-0.4, -0.2) is 7.11 Å². The van der Waals surface area contributed by atoms with Gasteiger partial charge in [0.05, 0.1) is 7.11 Å². The molecule has 0 heterocycles. The van der Waals surface area contributed by atoms with Gasteiger partial charge in [-0.2, -0.15) is 0 Å². The Balaban J connectivity index is 1.97. The highest BCUT2D eigenvalue weighted by Crippen LogP contribution is 2.18. The van der Waals surface area contributed by atoms with Crippen molar-refractivity contribution in [3.05, 3.63) is 64.2 Å². The number of rotatable bonds is 5. The normalized spacial score (nSPS) is 10.7. The molecule has 0 aromatic heterocycles. The average Bonchev–Trinajstić information content (AvgIpc) is 2.45. The van der Waals surface area contributed by atoms with Crippen LogP contribution in [0.1, 0.15) is 22.3 Å². The lowest BCUT2D eigenvalue weighted by atomic mass is 10.1. The summed E-state index contributed by atoms with van der Waals surface area (Å²) in [6, 6.07) is 8.52. The van der Waals surface area contributed by atoms with Crippen LogP contribution in [0.4, 0.5) is 8.78 Å². The van der Waals surface area contributed by atoms with E-state index in [2.05, 4.69) is 5.32 Å². The molecule has 0 unspecified atom stereocenters. The fourth-order valence-electron chi connectivity index (χ4n) is 2.31. The zero-order valence-corrected chi connectivity index (χ0v) is 12.5. The summed E-state index contributed by atoms with van der Waals surface area (Å²) in [6.45, 7) is 4.65. The minimum absolute atomic E-state index is 0.157. The average molecular weight is 291 g/mol. The molecule has 0 aliphatic heterocycles. The minimum atomic E-state index is -0.370. The molecule has 2 rings (SSSR count). The van der Waals surface area contributed by atoms with Gasteiger partial charge in [-0.25, -0.2) is 8.78 Å². The molecule has 2 nitrogen and oxygen atoms in total. The van der Waals surface area contributed by atoms with Gasteiger partial charge in [0, 0.05) is 13.1 Å². The molecular formula is C17H19F2NO. The smallest absolute Gasteiger partial charge is 0.165 e. The van der Waals surface area contributed by atoms with Gasteiger partial charge in [-0.3, -0.25) is 0 Å². The number of hydrogen-bond donors (Lipinski definition) is 1. The van der Waals surface area contributed by atoms with E-state index in [4.69, 9.17) is 4.74 Å². The van der Waals surface area contributed by atoms with Gasteiger partial charge in [0.15, 0.2) is 11.6 Å².